The third-order valence-electron chi connectivity index (χ3n) is 14.1. The number of hydrogen-bond acceptors (Lipinski definition) is 6. The van der Waals surface area contributed by atoms with E-state index in [1.807, 2.05) is 0 Å². The molecule has 0 aliphatic rings. The smallest absolute Gasteiger partial charge is 0.306 e. The van der Waals surface area contributed by atoms with Crippen molar-refractivity contribution >= 4 is 17.9 Å². The maximum atomic E-state index is 12.9. The maximum Gasteiger partial charge on any atom is 0.306 e. The van der Waals surface area contributed by atoms with Crippen LogP contribution in [0.1, 0.15) is 323 Å². The SMILES string of the molecule is CC/C=C\C/C=C\C/C=C\C/C=C\CCCCCCC(=O)OC(COC(=O)CCCCCCCCCCCC/C=C\C/C=C\C/C=C\CCCCCCC)COC(=O)CCCCCCCCCCCCCCCCCC. The molecule has 0 rings (SSSR count). The average molecular weight is 1060 g/mol. The van der Waals surface area contributed by atoms with Crippen LogP contribution in [0.25, 0.3) is 0 Å². The van der Waals surface area contributed by atoms with Crippen LogP contribution in [0, 0.1) is 0 Å². The highest BCUT2D eigenvalue weighted by molar-refractivity contribution is 5.71. The van der Waals surface area contributed by atoms with Gasteiger partial charge in [-0.15, -0.1) is 0 Å². The van der Waals surface area contributed by atoms with E-state index < -0.39 is 6.10 Å². The topological polar surface area (TPSA) is 78.9 Å². The molecule has 0 amide bonds. The molecule has 1 unspecified atom stereocenters. The van der Waals surface area contributed by atoms with Gasteiger partial charge >= 0.3 is 17.9 Å². The van der Waals surface area contributed by atoms with Crippen molar-refractivity contribution in [2.45, 2.75) is 329 Å². The molecule has 76 heavy (non-hydrogen) atoms. The Balaban J connectivity index is 4.36. The van der Waals surface area contributed by atoms with Crippen LogP contribution in [0.15, 0.2) is 85.1 Å². The van der Waals surface area contributed by atoms with E-state index in [1.54, 1.807) is 0 Å². The third kappa shape index (κ3) is 61.4. The van der Waals surface area contributed by atoms with Gasteiger partial charge in [0.1, 0.15) is 13.2 Å². The highest BCUT2D eigenvalue weighted by Crippen LogP contribution is 2.17. The van der Waals surface area contributed by atoms with Gasteiger partial charge in [0.05, 0.1) is 0 Å². The predicted molar refractivity (Wildman–Crippen MR) is 330 cm³/mol. The highest BCUT2D eigenvalue weighted by Gasteiger charge is 2.19. The minimum absolute atomic E-state index is 0.0851. The second kappa shape index (κ2) is 64.1. The molecule has 0 saturated carbocycles. The first-order chi connectivity index (χ1) is 37.5. The van der Waals surface area contributed by atoms with Crippen LogP contribution in [-0.2, 0) is 28.6 Å². The van der Waals surface area contributed by atoms with E-state index >= 15 is 0 Å². The Labute approximate surface area is 471 Å². The summed E-state index contributed by atoms with van der Waals surface area (Å²) < 4.78 is 16.9. The van der Waals surface area contributed by atoms with Crippen molar-refractivity contribution in [1.82, 2.24) is 0 Å². The Morgan fingerprint density at radius 1 is 0.276 bits per heavy atom. The van der Waals surface area contributed by atoms with Crippen LogP contribution >= 0.6 is 0 Å². The molecule has 0 N–H and O–H groups in total. The highest BCUT2D eigenvalue weighted by atomic mass is 16.6. The first-order valence-corrected chi connectivity index (χ1v) is 32.6. The molecule has 0 aliphatic carbocycles. The standard InChI is InChI=1S/C70H122O6/c1-4-7-10-13-16-19-22-25-28-31-32-33-34-35-36-37-38-40-42-45-48-51-54-57-60-63-69(72)75-66-67(65-74-68(71)62-59-56-53-50-47-44-41-30-27-24-21-18-15-12-9-6-3)76-70(73)64-61-58-55-52-49-46-43-39-29-26-23-20-17-14-11-8-5-2/h8,11,17,20,22,25-26,29,31-32,34-35,43,46,67H,4-7,9-10,12-16,18-19,21,23-24,27-28,30,33,36-42,44-45,47-66H2,1-3H3/b11-8-,20-17-,25-22-,29-26-,32-31-,35-34-,46-43-. The van der Waals surface area contributed by atoms with Gasteiger partial charge in [0.15, 0.2) is 6.10 Å². The lowest BCUT2D eigenvalue weighted by molar-refractivity contribution is -0.167. The van der Waals surface area contributed by atoms with Crippen molar-refractivity contribution < 1.29 is 28.6 Å². The summed E-state index contributed by atoms with van der Waals surface area (Å²) in [6.07, 6.45) is 84.4. The molecule has 6 nitrogen and oxygen atoms in total. The number of carbonyl (C=O) groups excluding carboxylic acids is 3. The molecule has 0 bridgehead atoms. The lowest BCUT2D eigenvalue weighted by Gasteiger charge is -2.18. The third-order valence-corrected chi connectivity index (χ3v) is 14.1. The van der Waals surface area contributed by atoms with Crippen LogP contribution in [-0.4, -0.2) is 37.2 Å². The number of unbranched alkanes of at least 4 members (excludes halogenated alkanes) is 34. The van der Waals surface area contributed by atoms with Gasteiger partial charge in [0.25, 0.3) is 0 Å². The lowest BCUT2D eigenvalue weighted by atomic mass is 10.0. The van der Waals surface area contributed by atoms with Crippen molar-refractivity contribution in [2.75, 3.05) is 13.2 Å². The van der Waals surface area contributed by atoms with Crippen LogP contribution in [0.3, 0.4) is 0 Å². The first-order valence-electron chi connectivity index (χ1n) is 32.6. The summed E-state index contributed by atoms with van der Waals surface area (Å²) in [7, 11) is 0. The summed E-state index contributed by atoms with van der Waals surface area (Å²) in [6.45, 7) is 6.53. The van der Waals surface area contributed by atoms with Crippen LogP contribution in [0.5, 0.6) is 0 Å². The van der Waals surface area contributed by atoms with E-state index in [-0.39, 0.29) is 31.1 Å². The number of carbonyl (C=O) groups is 3. The molecule has 0 fully saturated rings. The molecule has 0 saturated heterocycles. The van der Waals surface area contributed by atoms with E-state index in [9.17, 15) is 14.4 Å². The molecule has 0 aliphatic heterocycles. The molecule has 0 aromatic heterocycles. The Bertz CT molecular complexity index is 1450. The van der Waals surface area contributed by atoms with Crippen molar-refractivity contribution in [3.05, 3.63) is 85.1 Å². The number of rotatable bonds is 59. The van der Waals surface area contributed by atoms with Crippen LogP contribution in [0.4, 0.5) is 0 Å². The van der Waals surface area contributed by atoms with Gasteiger partial charge < -0.3 is 14.2 Å². The molecule has 438 valence electrons. The fourth-order valence-corrected chi connectivity index (χ4v) is 9.27. The quantitative estimate of drug-likeness (QED) is 0.0261. The van der Waals surface area contributed by atoms with E-state index in [0.29, 0.717) is 19.3 Å². The number of hydrogen-bond donors (Lipinski definition) is 0. The summed E-state index contributed by atoms with van der Waals surface area (Å²) in [5.74, 6) is -0.899. The van der Waals surface area contributed by atoms with E-state index in [2.05, 4.69) is 106 Å². The zero-order chi connectivity index (χ0) is 55.0. The molecular formula is C70H122O6. The summed E-state index contributed by atoms with van der Waals surface area (Å²) >= 11 is 0. The first kappa shape index (κ1) is 72.6. The van der Waals surface area contributed by atoms with Gasteiger partial charge in [-0.3, -0.25) is 14.4 Å². The fourth-order valence-electron chi connectivity index (χ4n) is 9.27. The number of allylic oxidation sites excluding steroid dienone is 14. The molecule has 0 aromatic carbocycles. The molecule has 0 spiro atoms. The summed E-state index contributed by atoms with van der Waals surface area (Å²) in [5.41, 5.74) is 0. The van der Waals surface area contributed by atoms with Gasteiger partial charge in [-0.25, -0.2) is 0 Å². The Kier molecular flexibility index (Phi) is 61.2. The Hall–Kier alpha value is -3.41. The van der Waals surface area contributed by atoms with Gasteiger partial charge in [-0.05, 0) is 96.3 Å². The lowest BCUT2D eigenvalue weighted by Crippen LogP contribution is -2.30. The Morgan fingerprint density at radius 2 is 0.513 bits per heavy atom. The van der Waals surface area contributed by atoms with E-state index in [4.69, 9.17) is 14.2 Å². The summed E-state index contributed by atoms with van der Waals surface area (Å²) in [6, 6.07) is 0. The van der Waals surface area contributed by atoms with Gasteiger partial charge in [-0.2, -0.15) is 0 Å². The zero-order valence-electron chi connectivity index (χ0n) is 50.3. The van der Waals surface area contributed by atoms with Crippen molar-refractivity contribution in [3.63, 3.8) is 0 Å². The van der Waals surface area contributed by atoms with Crippen molar-refractivity contribution in [1.29, 1.82) is 0 Å². The maximum absolute atomic E-state index is 12.9. The monoisotopic (exact) mass is 1060 g/mol. The zero-order valence-corrected chi connectivity index (χ0v) is 50.3. The molecule has 6 heteroatoms. The largest absolute Gasteiger partial charge is 0.462 e. The van der Waals surface area contributed by atoms with E-state index in [1.165, 1.54) is 173 Å². The minimum atomic E-state index is -0.791. The van der Waals surface area contributed by atoms with Gasteiger partial charge in [0, 0.05) is 19.3 Å². The normalized spacial score (nSPS) is 12.6. The molecular weight excluding hydrogens is 937 g/mol. The number of esters is 3. The molecule has 0 heterocycles. The van der Waals surface area contributed by atoms with Crippen LogP contribution in [0.2, 0.25) is 0 Å². The molecule has 1 atom stereocenters. The summed E-state index contributed by atoms with van der Waals surface area (Å²) in [4.78, 5) is 38.3. The molecule has 0 aromatic rings. The number of ether oxygens (including phenoxy) is 3. The van der Waals surface area contributed by atoms with Crippen molar-refractivity contribution in [2.24, 2.45) is 0 Å². The summed E-state index contributed by atoms with van der Waals surface area (Å²) in [5, 5.41) is 0. The van der Waals surface area contributed by atoms with Crippen LogP contribution < -0.4 is 0 Å². The van der Waals surface area contributed by atoms with Gasteiger partial charge in [0.2, 0.25) is 0 Å². The van der Waals surface area contributed by atoms with Crippen molar-refractivity contribution in [3.8, 4) is 0 Å². The van der Waals surface area contributed by atoms with E-state index in [0.717, 1.165) is 109 Å². The average Bonchev–Trinajstić information content (AvgIpc) is 3.42. The Morgan fingerprint density at radius 3 is 0.803 bits per heavy atom. The van der Waals surface area contributed by atoms with Gasteiger partial charge in [-0.1, -0.05) is 292 Å². The second-order valence-corrected chi connectivity index (χ2v) is 21.6. The molecule has 0 radical (unpaired) electrons. The predicted octanol–water partition coefficient (Wildman–Crippen LogP) is 22.3. The minimum Gasteiger partial charge on any atom is -0.462 e. The second-order valence-electron chi connectivity index (χ2n) is 21.6. The fraction of sp³-hybridized carbons (Fsp3) is 0.757.